The van der Waals surface area contributed by atoms with Crippen molar-refractivity contribution in [2.24, 2.45) is 0 Å². The molecule has 2 aromatic carbocycles. The number of aryl methyl sites for hydroxylation is 1. The number of aromatic carboxylic acids is 1. The Morgan fingerprint density at radius 2 is 1.71 bits per heavy atom. The van der Waals surface area contributed by atoms with E-state index in [1.807, 2.05) is 19.2 Å². The van der Waals surface area contributed by atoms with Gasteiger partial charge in [-0.25, -0.2) is 9.78 Å². The number of thiazole rings is 1. The van der Waals surface area contributed by atoms with Gasteiger partial charge in [0.1, 0.15) is 0 Å². The molecule has 0 aliphatic heterocycles. The van der Waals surface area contributed by atoms with Crippen LogP contribution in [0.25, 0.3) is 0 Å². The molecule has 0 bridgehead atoms. The van der Waals surface area contributed by atoms with E-state index in [1.54, 1.807) is 24.3 Å². The van der Waals surface area contributed by atoms with Gasteiger partial charge in [0.25, 0.3) is 5.91 Å². The summed E-state index contributed by atoms with van der Waals surface area (Å²) in [5.41, 5.74) is 0.194. The molecular weight excluding hydrogens is 576 g/mol. The van der Waals surface area contributed by atoms with Crippen LogP contribution in [0.4, 0.5) is 10.8 Å². The lowest BCUT2D eigenvalue weighted by molar-refractivity contribution is -0.115. The lowest BCUT2D eigenvalue weighted by Gasteiger charge is -2.16. The van der Waals surface area contributed by atoms with Gasteiger partial charge in [0.2, 0.25) is 5.91 Å². The molecule has 0 saturated carbocycles. The van der Waals surface area contributed by atoms with Crippen molar-refractivity contribution >= 4 is 98.1 Å². The molecule has 0 radical (unpaired) electrons. The first-order chi connectivity index (χ1) is 16.5. The van der Waals surface area contributed by atoms with Crippen LogP contribution in [0.3, 0.4) is 0 Å². The summed E-state index contributed by atoms with van der Waals surface area (Å²) >= 11 is 26.8. The first-order valence-electron chi connectivity index (χ1n) is 9.93. The van der Waals surface area contributed by atoms with E-state index in [0.717, 1.165) is 5.69 Å². The summed E-state index contributed by atoms with van der Waals surface area (Å²) in [4.78, 5) is 42.4. The zero-order valence-electron chi connectivity index (χ0n) is 18.1. The third-order valence-corrected chi connectivity index (χ3v) is 8.63. The van der Waals surface area contributed by atoms with Gasteiger partial charge in [-0.2, -0.15) is 0 Å². The number of nitrogens with one attached hydrogen (secondary N) is 2. The molecule has 184 valence electrons. The second-order valence-electron chi connectivity index (χ2n) is 7.09. The minimum atomic E-state index is -1.49. The molecule has 0 saturated heterocycles. The summed E-state index contributed by atoms with van der Waals surface area (Å²) in [6, 6.07) is 6.73. The molecule has 0 aliphatic rings. The molecule has 1 unspecified atom stereocenters. The number of hydrogen-bond acceptors (Lipinski definition) is 6. The van der Waals surface area contributed by atoms with Gasteiger partial charge in [0.15, 0.2) is 5.13 Å². The molecule has 1 aromatic heterocycles. The van der Waals surface area contributed by atoms with Crippen LogP contribution in [-0.2, 0) is 4.79 Å². The minimum absolute atomic E-state index is 0.190. The summed E-state index contributed by atoms with van der Waals surface area (Å²) in [7, 11) is 0. The molecule has 0 aliphatic carbocycles. The number of thioether (sulfide) groups is 1. The van der Waals surface area contributed by atoms with E-state index in [9.17, 15) is 19.5 Å². The first kappa shape index (κ1) is 27.6. The number of rotatable bonds is 8. The van der Waals surface area contributed by atoms with Crippen molar-refractivity contribution in [2.45, 2.75) is 30.4 Å². The predicted molar refractivity (Wildman–Crippen MR) is 143 cm³/mol. The molecule has 13 heteroatoms. The number of hydrogen-bond donors (Lipinski definition) is 3. The fourth-order valence-electron chi connectivity index (χ4n) is 2.97. The van der Waals surface area contributed by atoms with Gasteiger partial charge >= 0.3 is 5.97 Å². The Labute approximate surface area is 229 Å². The summed E-state index contributed by atoms with van der Waals surface area (Å²) in [5.74, 6) is -2.51. The summed E-state index contributed by atoms with van der Waals surface area (Å²) in [6.07, 6.45) is 0.552. The normalized spacial score (nSPS) is 11.7. The van der Waals surface area contributed by atoms with E-state index in [2.05, 4.69) is 15.6 Å². The highest BCUT2D eigenvalue weighted by molar-refractivity contribution is 8.00. The van der Waals surface area contributed by atoms with E-state index >= 15 is 0 Å². The van der Waals surface area contributed by atoms with E-state index in [0.29, 0.717) is 22.1 Å². The van der Waals surface area contributed by atoms with Crippen LogP contribution in [-0.4, -0.2) is 33.1 Å². The Hall–Kier alpha value is -2.01. The highest BCUT2D eigenvalue weighted by Crippen LogP contribution is 2.42. The Bertz CT molecular complexity index is 1320. The lowest BCUT2D eigenvalue weighted by atomic mass is 10.1. The highest BCUT2D eigenvalue weighted by Gasteiger charge is 2.29. The lowest BCUT2D eigenvalue weighted by Crippen LogP contribution is -2.24. The number of carbonyl (C=O) groups excluding carboxylic acids is 2. The topological polar surface area (TPSA) is 108 Å². The van der Waals surface area contributed by atoms with Crippen LogP contribution in [0, 0.1) is 6.92 Å². The Balaban J connectivity index is 1.81. The Morgan fingerprint density at radius 1 is 1.06 bits per heavy atom. The number of amides is 2. The molecule has 2 amide bonds. The van der Waals surface area contributed by atoms with Gasteiger partial charge < -0.3 is 15.7 Å². The Morgan fingerprint density at radius 3 is 2.29 bits per heavy atom. The number of benzene rings is 2. The largest absolute Gasteiger partial charge is 0.478 e. The minimum Gasteiger partial charge on any atom is -0.478 e. The second-order valence-corrected chi connectivity index (χ2v) is 10.7. The molecule has 3 N–H and O–H groups in total. The van der Waals surface area contributed by atoms with E-state index in [1.165, 1.54) is 23.1 Å². The van der Waals surface area contributed by atoms with Crippen molar-refractivity contribution in [3.63, 3.8) is 0 Å². The van der Waals surface area contributed by atoms with Gasteiger partial charge in [-0.15, -0.1) is 23.1 Å². The van der Waals surface area contributed by atoms with Gasteiger partial charge in [-0.1, -0.05) is 59.4 Å². The maximum atomic E-state index is 13.0. The van der Waals surface area contributed by atoms with Crippen molar-refractivity contribution in [3.8, 4) is 0 Å². The van der Waals surface area contributed by atoms with Crippen LogP contribution in [0.15, 0.2) is 34.5 Å². The average Bonchev–Trinajstić information content (AvgIpc) is 3.22. The van der Waals surface area contributed by atoms with Crippen molar-refractivity contribution in [1.82, 2.24) is 4.98 Å². The van der Waals surface area contributed by atoms with Crippen molar-refractivity contribution in [1.29, 1.82) is 0 Å². The van der Waals surface area contributed by atoms with Crippen LogP contribution in [0.2, 0.25) is 20.1 Å². The number of carboxylic acids is 1. The van der Waals surface area contributed by atoms with Crippen molar-refractivity contribution in [2.75, 3.05) is 10.6 Å². The molecule has 3 aromatic rings. The van der Waals surface area contributed by atoms with E-state index < -0.39 is 33.3 Å². The fraction of sp³-hybridized carbons (Fsp3) is 0.182. The number of nitrogens with zero attached hydrogens (tertiary/aromatic N) is 1. The number of halogens is 4. The zero-order chi connectivity index (χ0) is 25.9. The molecular formula is C22H17Cl4N3O4S2. The molecule has 7 nitrogen and oxygen atoms in total. The Kier molecular flexibility index (Phi) is 9.31. The van der Waals surface area contributed by atoms with E-state index in [4.69, 9.17) is 46.4 Å². The molecule has 0 spiro atoms. The molecule has 1 atom stereocenters. The average molecular weight is 593 g/mol. The first-order valence-corrected chi connectivity index (χ1v) is 13.2. The molecule has 1 heterocycles. The van der Waals surface area contributed by atoms with Gasteiger partial charge in [-0.05, 0) is 31.5 Å². The standard InChI is InChI=1S/C22H17Cl4N3O4S2/c1-3-12(19(30)29-22-27-9(2)8-34-22)35-11-6-4-5-10(7-11)28-20(31)13-14(21(32)33)16(24)18(26)17(25)15(13)23/h4-8,12H,3H2,1-2H3,(H,28,31)(H,32,33)(H,27,29,30). The smallest absolute Gasteiger partial charge is 0.338 e. The summed E-state index contributed by atoms with van der Waals surface area (Å²) in [5, 5.41) is 15.7. The highest BCUT2D eigenvalue weighted by atomic mass is 35.5. The maximum Gasteiger partial charge on any atom is 0.338 e. The van der Waals surface area contributed by atoms with Crippen LogP contribution < -0.4 is 10.6 Å². The number of carbonyl (C=O) groups is 3. The van der Waals surface area contributed by atoms with E-state index in [-0.39, 0.29) is 21.0 Å². The zero-order valence-corrected chi connectivity index (χ0v) is 22.8. The number of aromatic nitrogens is 1. The number of anilines is 2. The molecule has 3 rings (SSSR count). The SMILES string of the molecule is CCC(Sc1cccc(NC(=O)c2c(Cl)c(Cl)c(Cl)c(Cl)c2C(=O)O)c1)C(=O)Nc1nc(C)cs1. The van der Waals surface area contributed by atoms with Gasteiger partial charge in [-0.3, -0.25) is 9.59 Å². The molecule has 35 heavy (non-hydrogen) atoms. The van der Waals surface area contributed by atoms with Crippen molar-refractivity contribution in [3.05, 3.63) is 66.6 Å². The third-order valence-electron chi connectivity index (χ3n) is 4.59. The summed E-state index contributed by atoms with van der Waals surface area (Å²) < 4.78 is 0. The van der Waals surface area contributed by atoms with Crippen molar-refractivity contribution < 1.29 is 19.5 Å². The number of carboxylic acid groups (broad SMARTS) is 1. The fourth-order valence-corrected chi connectivity index (χ4v) is 5.69. The summed E-state index contributed by atoms with van der Waals surface area (Å²) in [6.45, 7) is 3.73. The molecule has 0 fully saturated rings. The monoisotopic (exact) mass is 591 g/mol. The van der Waals surface area contributed by atoms with Crippen LogP contribution >= 0.6 is 69.5 Å². The maximum absolute atomic E-state index is 13.0. The second kappa shape index (κ2) is 11.8. The predicted octanol–water partition coefficient (Wildman–Crippen LogP) is 7.53. The van der Waals surface area contributed by atoms with Crippen LogP contribution in [0.5, 0.6) is 0 Å². The van der Waals surface area contributed by atoms with Crippen LogP contribution in [0.1, 0.15) is 39.8 Å². The quantitative estimate of drug-likeness (QED) is 0.142. The van der Waals surface area contributed by atoms with Gasteiger partial charge in [0.05, 0.1) is 42.2 Å². The van der Waals surface area contributed by atoms with Gasteiger partial charge in [0, 0.05) is 16.0 Å². The third kappa shape index (κ3) is 6.41.